The van der Waals surface area contributed by atoms with Crippen molar-refractivity contribution in [2.75, 3.05) is 0 Å². The normalized spacial score (nSPS) is 14.5. The first-order chi connectivity index (χ1) is 13.1. The fourth-order valence-corrected chi connectivity index (χ4v) is 2.76. The van der Waals surface area contributed by atoms with Crippen molar-refractivity contribution in [2.24, 2.45) is 5.92 Å². The van der Waals surface area contributed by atoms with E-state index in [9.17, 15) is 40.2 Å². The summed E-state index contributed by atoms with van der Waals surface area (Å²) in [7, 11) is 0. The topological polar surface area (TPSA) is 156 Å². The van der Waals surface area contributed by atoms with Gasteiger partial charge < -0.3 is 30.6 Å². The van der Waals surface area contributed by atoms with Crippen LogP contribution < -0.4 is 0 Å². The standard InChI is InChI=1S/C20H20O8/c21-14-7-4-13(5-8-14)11-20(28,19(26)27)15(18(24)25)3-1-2-12-6-9-16(22)17(23)10-12/h1-2,4-10,15,21-23,28H,3,11H2,(H,24,25)(H,26,27)/b2-1+/t15-,20-/m1/s1. The number of benzene rings is 2. The van der Waals surface area contributed by atoms with Crippen molar-refractivity contribution >= 4 is 18.0 Å². The Bertz CT molecular complexity index is 888. The second-order valence-electron chi connectivity index (χ2n) is 6.35. The maximum atomic E-state index is 11.7. The van der Waals surface area contributed by atoms with E-state index in [0.29, 0.717) is 11.1 Å². The summed E-state index contributed by atoms with van der Waals surface area (Å²) in [6.45, 7) is 0. The zero-order valence-corrected chi connectivity index (χ0v) is 14.7. The summed E-state index contributed by atoms with van der Waals surface area (Å²) in [5.74, 6) is -5.52. The molecule has 2 atom stereocenters. The Labute approximate surface area is 160 Å². The molecule has 0 heterocycles. The molecule has 2 aromatic rings. The molecular weight excluding hydrogens is 368 g/mol. The molecule has 6 N–H and O–H groups in total. The van der Waals surface area contributed by atoms with Crippen LogP contribution in [0.1, 0.15) is 17.5 Å². The largest absolute Gasteiger partial charge is 0.508 e. The van der Waals surface area contributed by atoms with Crippen LogP contribution in [0.2, 0.25) is 0 Å². The number of phenols is 3. The Hall–Kier alpha value is -3.52. The van der Waals surface area contributed by atoms with Crippen LogP contribution in [0, 0.1) is 5.92 Å². The van der Waals surface area contributed by atoms with E-state index in [1.165, 1.54) is 54.6 Å². The molecule has 8 nitrogen and oxygen atoms in total. The third-order valence-electron chi connectivity index (χ3n) is 4.34. The average Bonchev–Trinajstić information content (AvgIpc) is 2.63. The minimum atomic E-state index is -2.58. The molecule has 0 aliphatic carbocycles. The van der Waals surface area contributed by atoms with Crippen LogP contribution in [0.25, 0.3) is 6.08 Å². The highest BCUT2D eigenvalue weighted by atomic mass is 16.4. The zero-order valence-electron chi connectivity index (χ0n) is 14.7. The number of aliphatic carboxylic acids is 2. The Morgan fingerprint density at radius 3 is 2.14 bits per heavy atom. The smallest absolute Gasteiger partial charge is 0.336 e. The Kier molecular flexibility index (Phi) is 6.27. The van der Waals surface area contributed by atoms with Gasteiger partial charge in [-0.3, -0.25) is 4.79 Å². The molecule has 0 aromatic heterocycles. The molecule has 0 spiro atoms. The van der Waals surface area contributed by atoms with Crippen LogP contribution in [-0.2, 0) is 16.0 Å². The van der Waals surface area contributed by atoms with E-state index in [1.807, 2.05) is 0 Å². The number of carboxylic acids is 2. The molecule has 0 saturated carbocycles. The number of carbonyl (C=O) groups is 2. The first-order valence-corrected chi connectivity index (χ1v) is 8.28. The van der Waals surface area contributed by atoms with Gasteiger partial charge in [0, 0.05) is 6.42 Å². The molecule has 0 bridgehead atoms. The summed E-state index contributed by atoms with van der Waals surface area (Å²) in [4.78, 5) is 23.4. The fourth-order valence-electron chi connectivity index (χ4n) is 2.76. The van der Waals surface area contributed by atoms with Gasteiger partial charge in [0.1, 0.15) is 5.75 Å². The maximum absolute atomic E-state index is 11.7. The van der Waals surface area contributed by atoms with Gasteiger partial charge in [-0.15, -0.1) is 0 Å². The lowest BCUT2D eigenvalue weighted by molar-refractivity contribution is -0.174. The Morgan fingerprint density at radius 1 is 0.964 bits per heavy atom. The summed E-state index contributed by atoms with van der Waals surface area (Å²) in [5, 5.41) is 57.7. The summed E-state index contributed by atoms with van der Waals surface area (Å²) in [6, 6.07) is 9.40. The van der Waals surface area contributed by atoms with Crippen molar-refractivity contribution in [3.63, 3.8) is 0 Å². The van der Waals surface area contributed by atoms with Gasteiger partial charge in [0.15, 0.2) is 17.1 Å². The fraction of sp³-hybridized carbons (Fsp3) is 0.200. The summed E-state index contributed by atoms with van der Waals surface area (Å²) in [5.41, 5.74) is -1.78. The van der Waals surface area contributed by atoms with E-state index in [2.05, 4.69) is 0 Å². The van der Waals surface area contributed by atoms with Crippen LogP contribution in [0.3, 0.4) is 0 Å². The third-order valence-corrected chi connectivity index (χ3v) is 4.34. The zero-order chi connectivity index (χ0) is 20.9. The molecule has 8 heteroatoms. The molecule has 0 fully saturated rings. The molecule has 0 radical (unpaired) electrons. The van der Waals surface area contributed by atoms with Gasteiger partial charge in [-0.05, 0) is 41.8 Å². The second-order valence-corrected chi connectivity index (χ2v) is 6.35. The first kappa shape index (κ1) is 20.8. The highest BCUT2D eigenvalue weighted by Crippen LogP contribution is 2.29. The number of phenolic OH excluding ortho intramolecular Hbond substituents is 3. The van der Waals surface area contributed by atoms with Crippen LogP contribution in [-0.4, -0.2) is 48.2 Å². The molecule has 0 aliphatic heterocycles. The van der Waals surface area contributed by atoms with Gasteiger partial charge >= 0.3 is 11.9 Å². The molecule has 148 valence electrons. The minimum Gasteiger partial charge on any atom is -0.508 e. The highest BCUT2D eigenvalue weighted by Gasteiger charge is 2.47. The molecule has 2 aromatic carbocycles. The molecule has 0 unspecified atom stereocenters. The molecule has 28 heavy (non-hydrogen) atoms. The molecule has 0 aliphatic rings. The average molecular weight is 388 g/mol. The number of aliphatic hydroxyl groups is 1. The van der Waals surface area contributed by atoms with Crippen molar-refractivity contribution in [2.45, 2.75) is 18.4 Å². The van der Waals surface area contributed by atoms with Gasteiger partial charge in [0.25, 0.3) is 0 Å². The maximum Gasteiger partial charge on any atom is 0.336 e. The van der Waals surface area contributed by atoms with E-state index >= 15 is 0 Å². The quantitative estimate of drug-likeness (QED) is 0.375. The lowest BCUT2D eigenvalue weighted by Gasteiger charge is -2.29. The SMILES string of the molecule is O=C(O)[C@@H](C/C=C/c1ccc(O)c(O)c1)[C@](O)(Cc1ccc(O)cc1)C(=O)O. The van der Waals surface area contributed by atoms with Crippen molar-refractivity contribution in [3.05, 3.63) is 59.7 Å². The predicted octanol–water partition coefficient (Wildman–Crippen LogP) is 1.97. The predicted molar refractivity (Wildman–Crippen MR) is 98.9 cm³/mol. The van der Waals surface area contributed by atoms with Crippen LogP contribution in [0.4, 0.5) is 0 Å². The summed E-state index contributed by atoms with van der Waals surface area (Å²) < 4.78 is 0. The molecular formula is C20H20O8. The Morgan fingerprint density at radius 2 is 1.61 bits per heavy atom. The van der Waals surface area contributed by atoms with Crippen molar-refractivity contribution in [3.8, 4) is 17.2 Å². The monoisotopic (exact) mass is 388 g/mol. The van der Waals surface area contributed by atoms with Crippen molar-refractivity contribution in [1.29, 1.82) is 0 Å². The van der Waals surface area contributed by atoms with Crippen molar-refractivity contribution in [1.82, 2.24) is 0 Å². The van der Waals surface area contributed by atoms with E-state index < -0.39 is 29.9 Å². The van der Waals surface area contributed by atoms with Crippen LogP contribution in [0.5, 0.6) is 17.2 Å². The van der Waals surface area contributed by atoms with E-state index in [-0.39, 0.29) is 23.7 Å². The van der Waals surface area contributed by atoms with Gasteiger partial charge in [-0.25, -0.2) is 4.79 Å². The minimum absolute atomic E-state index is 0.0440. The lowest BCUT2D eigenvalue weighted by Crippen LogP contribution is -2.50. The van der Waals surface area contributed by atoms with Crippen LogP contribution in [0.15, 0.2) is 48.5 Å². The number of hydrogen-bond donors (Lipinski definition) is 6. The number of carboxylic acid groups (broad SMARTS) is 2. The van der Waals surface area contributed by atoms with E-state index in [1.54, 1.807) is 0 Å². The van der Waals surface area contributed by atoms with E-state index in [4.69, 9.17) is 0 Å². The lowest BCUT2D eigenvalue weighted by atomic mass is 9.80. The van der Waals surface area contributed by atoms with Gasteiger partial charge in [-0.2, -0.15) is 0 Å². The van der Waals surface area contributed by atoms with Gasteiger partial charge in [-0.1, -0.05) is 30.4 Å². The highest BCUT2D eigenvalue weighted by molar-refractivity contribution is 5.86. The molecule has 0 saturated heterocycles. The number of aromatic hydroxyl groups is 3. The molecule has 2 rings (SSSR count). The molecule has 0 amide bonds. The summed E-state index contributed by atoms with van der Waals surface area (Å²) >= 11 is 0. The van der Waals surface area contributed by atoms with Crippen molar-refractivity contribution < 1.29 is 40.2 Å². The third kappa shape index (κ3) is 4.80. The second kappa shape index (κ2) is 8.45. The van der Waals surface area contributed by atoms with Crippen LogP contribution >= 0.6 is 0 Å². The van der Waals surface area contributed by atoms with E-state index in [0.717, 1.165) is 0 Å². The number of hydrogen-bond acceptors (Lipinski definition) is 6. The number of rotatable bonds is 8. The van der Waals surface area contributed by atoms with Gasteiger partial charge in [0.2, 0.25) is 0 Å². The first-order valence-electron chi connectivity index (χ1n) is 8.28. The summed E-state index contributed by atoms with van der Waals surface area (Å²) in [6.07, 6.45) is 2.05. The Balaban J connectivity index is 2.25. The van der Waals surface area contributed by atoms with Gasteiger partial charge in [0.05, 0.1) is 5.92 Å². The number of allylic oxidation sites excluding steroid dienone is 1.